The van der Waals surface area contributed by atoms with Gasteiger partial charge in [0, 0.05) is 19.2 Å². The first kappa shape index (κ1) is 17.8. The lowest BCUT2D eigenvalue weighted by Crippen LogP contribution is -2.42. The SMILES string of the molecule is CCOc1ccccc1CN(C)C(=O)C(N)CC1CCCCC1. The van der Waals surface area contributed by atoms with Gasteiger partial charge in [-0.15, -0.1) is 0 Å². The Kier molecular flexibility index (Phi) is 6.90. The summed E-state index contributed by atoms with van der Waals surface area (Å²) in [6.07, 6.45) is 7.14. The highest BCUT2D eigenvalue weighted by molar-refractivity contribution is 5.81. The predicted molar refractivity (Wildman–Crippen MR) is 93.3 cm³/mol. The number of para-hydroxylation sites is 1. The number of amides is 1. The van der Waals surface area contributed by atoms with Gasteiger partial charge in [-0.25, -0.2) is 0 Å². The summed E-state index contributed by atoms with van der Waals surface area (Å²) in [7, 11) is 1.83. The van der Waals surface area contributed by atoms with Crippen LogP contribution < -0.4 is 10.5 Å². The van der Waals surface area contributed by atoms with Crippen LogP contribution in [0.15, 0.2) is 24.3 Å². The Bertz CT molecular complexity index is 498. The molecule has 128 valence electrons. The number of ether oxygens (including phenoxy) is 1. The van der Waals surface area contributed by atoms with E-state index in [4.69, 9.17) is 10.5 Å². The zero-order valence-electron chi connectivity index (χ0n) is 14.5. The van der Waals surface area contributed by atoms with Gasteiger partial charge in [0.25, 0.3) is 0 Å². The highest BCUT2D eigenvalue weighted by Crippen LogP contribution is 2.27. The molecule has 1 fully saturated rings. The highest BCUT2D eigenvalue weighted by Gasteiger charge is 2.24. The molecule has 2 N–H and O–H groups in total. The quantitative estimate of drug-likeness (QED) is 0.839. The van der Waals surface area contributed by atoms with E-state index in [1.54, 1.807) is 4.90 Å². The molecule has 1 aromatic rings. The molecule has 1 unspecified atom stereocenters. The van der Waals surface area contributed by atoms with Crippen molar-refractivity contribution < 1.29 is 9.53 Å². The Balaban J connectivity index is 1.91. The Morgan fingerprint density at radius 2 is 2.00 bits per heavy atom. The van der Waals surface area contributed by atoms with E-state index in [9.17, 15) is 4.79 Å². The van der Waals surface area contributed by atoms with Crippen LogP contribution in [0.1, 0.15) is 51.0 Å². The third-order valence-electron chi connectivity index (χ3n) is 4.69. The molecule has 1 amide bonds. The lowest BCUT2D eigenvalue weighted by molar-refractivity contribution is -0.132. The molecule has 4 nitrogen and oxygen atoms in total. The summed E-state index contributed by atoms with van der Waals surface area (Å²) in [5.74, 6) is 1.49. The molecule has 0 bridgehead atoms. The second-order valence-corrected chi connectivity index (χ2v) is 6.58. The predicted octanol–water partition coefficient (Wildman–Crippen LogP) is 3.34. The molecule has 0 spiro atoms. The van der Waals surface area contributed by atoms with Gasteiger partial charge >= 0.3 is 0 Å². The summed E-state index contributed by atoms with van der Waals surface area (Å²) in [5, 5.41) is 0. The van der Waals surface area contributed by atoms with Crippen molar-refractivity contribution in [3.63, 3.8) is 0 Å². The van der Waals surface area contributed by atoms with E-state index >= 15 is 0 Å². The average Bonchev–Trinajstić information content (AvgIpc) is 2.57. The normalized spacial score (nSPS) is 16.8. The van der Waals surface area contributed by atoms with Gasteiger partial charge in [0.05, 0.1) is 12.6 Å². The van der Waals surface area contributed by atoms with E-state index < -0.39 is 0 Å². The first-order chi connectivity index (χ1) is 11.1. The molecule has 1 aliphatic rings. The van der Waals surface area contributed by atoms with E-state index in [0.29, 0.717) is 19.1 Å². The summed E-state index contributed by atoms with van der Waals surface area (Å²) >= 11 is 0. The lowest BCUT2D eigenvalue weighted by Gasteiger charge is -2.27. The van der Waals surface area contributed by atoms with Crippen molar-refractivity contribution in [2.45, 2.75) is 58.0 Å². The maximum Gasteiger partial charge on any atom is 0.239 e. The number of hydrogen-bond donors (Lipinski definition) is 1. The highest BCUT2D eigenvalue weighted by atomic mass is 16.5. The average molecular weight is 318 g/mol. The number of rotatable bonds is 7. The van der Waals surface area contributed by atoms with Gasteiger partial charge in [0.2, 0.25) is 5.91 Å². The first-order valence-corrected chi connectivity index (χ1v) is 8.83. The molecule has 2 rings (SSSR count). The maximum absolute atomic E-state index is 12.6. The minimum Gasteiger partial charge on any atom is -0.494 e. The van der Waals surface area contributed by atoms with E-state index in [-0.39, 0.29) is 11.9 Å². The van der Waals surface area contributed by atoms with Crippen LogP contribution in [-0.2, 0) is 11.3 Å². The molecule has 1 aromatic carbocycles. The molecule has 0 radical (unpaired) electrons. The Morgan fingerprint density at radius 3 is 2.70 bits per heavy atom. The Morgan fingerprint density at radius 1 is 1.30 bits per heavy atom. The second kappa shape index (κ2) is 8.92. The third kappa shape index (κ3) is 5.24. The molecule has 23 heavy (non-hydrogen) atoms. The van der Waals surface area contributed by atoms with Crippen molar-refractivity contribution >= 4 is 5.91 Å². The topological polar surface area (TPSA) is 55.6 Å². The molecule has 1 saturated carbocycles. The van der Waals surface area contributed by atoms with Gasteiger partial charge in [0.15, 0.2) is 0 Å². The van der Waals surface area contributed by atoms with Crippen molar-refractivity contribution in [1.29, 1.82) is 0 Å². The summed E-state index contributed by atoms with van der Waals surface area (Å²) in [6, 6.07) is 7.48. The number of nitrogens with two attached hydrogens (primary N) is 1. The monoisotopic (exact) mass is 318 g/mol. The molecular formula is C19H30N2O2. The van der Waals surface area contributed by atoms with E-state index in [1.165, 1.54) is 32.1 Å². The van der Waals surface area contributed by atoms with Crippen LogP contribution in [0.25, 0.3) is 0 Å². The fourth-order valence-corrected chi connectivity index (χ4v) is 3.43. The Labute approximate surface area is 140 Å². The smallest absolute Gasteiger partial charge is 0.239 e. The second-order valence-electron chi connectivity index (χ2n) is 6.58. The van der Waals surface area contributed by atoms with Gasteiger partial charge in [-0.2, -0.15) is 0 Å². The summed E-state index contributed by atoms with van der Waals surface area (Å²) < 4.78 is 5.63. The van der Waals surface area contributed by atoms with Crippen molar-refractivity contribution in [2.24, 2.45) is 11.7 Å². The molecule has 0 heterocycles. The largest absolute Gasteiger partial charge is 0.494 e. The van der Waals surface area contributed by atoms with Crippen molar-refractivity contribution in [3.8, 4) is 5.75 Å². The number of hydrogen-bond acceptors (Lipinski definition) is 3. The minimum absolute atomic E-state index is 0.0295. The number of likely N-dealkylation sites (N-methyl/N-ethyl adjacent to an activating group) is 1. The van der Waals surface area contributed by atoms with E-state index in [1.807, 2.05) is 38.2 Å². The van der Waals surface area contributed by atoms with Gasteiger partial charge in [0.1, 0.15) is 5.75 Å². The van der Waals surface area contributed by atoms with Crippen molar-refractivity contribution in [3.05, 3.63) is 29.8 Å². The van der Waals surface area contributed by atoms with Crippen LogP contribution in [0.5, 0.6) is 5.75 Å². The maximum atomic E-state index is 12.6. The molecular weight excluding hydrogens is 288 g/mol. The van der Waals surface area contributed by atoms with Crippen molar-refractivity contribution in [2.75, 3.05) is 13.7 Å². The van der Waals surface area contributed by atoms with Gasteiger partial charge in [-0.1, -0.05) is 50.3 Å². The molecule has 0 aliphatic heterocycles. The number of nitrogens with zero attached hydrogens (tertiary/aromatic N) is 1. The van der Waals surface area contributed by atoms with Crippen LogP contribution in [0, 0.1) is 5.92 Å². The summed E-state index contributed by atoms with van der Waals surface area (Å²) in [4.78, 5) is 14.3. The van der Waals surface area contributed by atoms with Crippen LogP contribution in [0.3, 0.4) is 0 Å². The van der Waals surface area contributed by atoms with Gasteiger partial charge in [-0.05, 0) is 25.3 Å². The standard InChI is InChI=1S/C19H30N2O2/c1-3-23-18-12-8-7-11-16(18)14-21(2)19(22)17(20)13-15-9-5-4-6-10-15/h7-8,11-12,15,17H,3-6,9-10,13-14,20H2,1-2H3. The van der Waals surface area contributed by atoms with Crippen LogP contribution in [0.2, 0.25) is 0 Å². The zero-order valence-corrected chi connectivity index (χ0v) is 14.5. The molecule has 1 atom stereocenters. The fraction of sp³-hybridized carbons (Fsp3) is 0.632. The molecule has 1 aliphatic carbocycles. The zero-order chi connectivity index (χ0) is 16.7. The summed E-state index contributed by atoms with van der Waals surface area (Å²) in [6.45, 7) is 3.12. The molecule has 0 aromatic heterocycles. The van der Waals surface area contributed by atoms with Crippen LogP contribution >= 0.6 is 0 Å². The molecule has 0 saturated heterocycles. The van der Waals surface area contributed by atoms with Gasteiger partial charge in [-0.3, -0.25) is 4.79 Å². The van der Waals surface area contributed by atoms with Crippen molar-refractivity contribution in [1.82, 2.24) is 4.90 Å². The lowest BCUT2D eigenvalue weighted by atomic mass is 9.85. The van der Waals surface area contributed by atoms with Gasteiger partial charge < -0.3 is 15.4 Å². The van der Waals surface area contributed by atoms with Crippen LogP contribution in [0.4, 0.5) is 0 Å². The number of carbonyl (C=O) groups is 1. The summed E-state index contributed by atoms with van der Waals surface area (Å²) in [5.41, 5.74) is 7.20. The van der Waals surface area contributed by atoms with E-state index in [2.05, 4.69) is 0 Å². The third-order valence-corrected chi connectivity index (χ3v) is 4.69. The number of carbonyl (C=O) groups excluding carboxylic acids is 1. The first-order valence-electron chi connectivity index (χ1n) is 8.83. The number of benzene rings is 1. The minimum atomic E-state index is -0.387. The van der Waals surface area contributed by atoms with Crippen LogP contribution in [-0.4, -0.2) is 30.5 Å². The fourth-order valence-electron chi connectivity index (χ4n) is 3.43. The molecule has 4 heteroatoms. The Hall–Kier alpha value is -1.55. The van der Waals surface area contributed by atoms with E-state index in [0.717, 1.165) is 17.7 Å².